The number of rotatable bonds is 7. The van der Waals surface area contributed by atoms with Crippen LogP contribution in [-0.4, -0.2) is 49.6 Å². The van der Waals surface area contributed by atoms with Gasteiger partial charge < -0.3 is 5.32 Å². The molecule has 3 heteroatoms. The van der Waals surface area contributed by atoms with Gasteiger partial charge in [-0.1, -0.05) is 12.7 Å². The van der Waals surface area contributed by atoms with Gasteiger partial charge >= 0.3 is 0 Å². The van der Waals surface area contributed by atoms with E-state index in [9.17, 15) is 0 Å². The van der Waals surface area contributed by atoms with Gasteiger partial charge in [-0.05, 0) is 6.08 Å². The first-order valence-electron chi connectivity index (χ1n) is 5.55. The van der Waals surface area contributed by atoms with Gasteiger partial charge in [0.05, 0.1) is 13.1 Å². The van der Waals surface area contributed by atoms with Gasteiger partial charge in [-0.2, -0.15) is 0 Å². The lowest BCUT2D eigenvalue weighted by molar-refractivity contribution is -0.828. The predicted molar refractivity (Wildman–Crippen MR) is 66.1 cm³/mol. The van der Waals surface area contributed by atoms with E-state index in [1.165, 1.54) is 5.84 Å². The molecule has 0 aromatic rings. The Labute approximate surface area is 92.8 Å². The lowest BCUT2D eigenvalue weighted by atomic mass is 10.3. The average molecular weight is 208 g/mol. The minimum atomic E-state index is 0.879. The van der Waals surface area contributed by atoms with Gasteiger partial charge in [0.2, 0.25) is 0 Å². The first kappa shape index (κ1) is 12.1. The highest BCUT2D eigenvalue weighted by Gasteiger charge is 2.33. The largest absolute Gasteiger partial charge is 0.308 e. The van der Waals surface area contributed by atoms with E-state index in [4.69, 9.17) is 0 Å². The molecular weight excluding hydrogens is 186 g/mol. The summed E-state index contributed by atoms with van der Waals surface area (Å²) in [5.41, 5.74) is 0. The van der Waals surface area contributed by atoms with E-state index in [-0.39, 0.29) is 0 Å². The molecule has 3 nitrogen and oxygen atoms in total. The first-order chi connectivity index (χ1) is 7.25. The average Bonchev–Trinajstić information content (AvgIpc) is 2.57. The zero-order valence-electron chi connectivity index (χ0n) is 9.71. The molecule has 0 spiro atoms. The summed E-state index contributed by atoms with van der Waals surface area (Å²) in [7, 11) is 0. The molecular formula is C12H22N3+. The number of hydrogen-bond acceptors (Lipinski definition) is 2. The highest BCUT2D eigenvalue weighted by Crippen LogP contribution is 2.14. The number of amidine groups is 1. The Hall–Kier alpha value is -0.930. The number of nitrogens with zero attached hydrogens (tertiary/aromatic N) is 2. The lowest BCUT2D eigenvalue weighted by Crippen LogP contribution is -2.53. The van der Waals surface area contributed by atoms with Crippen molar-refractivity contribution in [3.8, 4) is 0 Å². The van der Waals surface area contributed by atoms with Gasteiger partial charge in [-0.3, -0.25) is 4.48 Å². The zero-order chi connectivity index (χ0) is 11.1. The van der Waals surface area contributed by atoms with Crippen molar-refractivity contribution in [2.45, 2.75) is 6.92 Å². The van der Waals surface area contributed by atoms with Crippen molar-refractivity contribution in [1.29, 1.82) is 0 Å². The molecule has 84 valence electrons. The maximum atomic E-state index is 4.50. The van der Waals surface area contributed by atoms with Gasteiger partial charge in [0.15, 0.2) is 5.84 Å². The Kier molecular flexibility index (Phi) is 4.72. The van der Waals surface area contributed by atoms with Crippen molar-refractivity contribution >= 4 is 5.84 Å². The van der Waals surface area contributed by atoms with Crippen LogP contribution in [0.15, 0.2) is 30.3 Å². The van der Waals surface area contributed by atoms with Gasteiger partial charge in [-0.25, -0.2) is 4.99 Å². The van der Waals surface area contributed by atoms with Crippen molar-refractivity contribution in [1.82, 2.24) is 5.32 Å². The summed E-state index contributed by atoms with van der Waals surface area (Å²) in [4.78, 5) is 4.50. The van der Waals surface area contributed by atoms with Crippen molar-refractivity contribution in [2.75, 3.05) is 39.3 Å². The molecule has 1 aliphatic heterocycles. The van der Waals surface area contributed by atoms with Crippen LogP contribution in [0.2, 0.25) is 0 Å². The van der Waals surface area contributed by atoms with Crippen molar-refractivity contribution in [3.05, 3.63) is 25.3 Å². The lowest BCUT2D eigenvalue weighted by Gasteiger charge is -2.32. The highest BCUT2D eigenvalue weighted by molar-refractivity contribution is 5.74. The Balaban J connectivity index is 2.47. The first-order valence-corrected chi connectivity index (χ1v) is 5.55. The molecule has 0 aliphatic carbocycles. The maximum absolute atomic E-state index is 4.50. The summed E-state index contributed by atoms with van der Waals surface area (Å²) < 4.78 is 0.980. The fraction of sp³-hybridized carbons (Fsp3) is 0.583. The molecule has 1 atom stereocenters. The van der Waals surface area contributed by atoms with Gasteiger partial charge in [0.1, 0.15) is 13.1 Å². The van der Waals surface area contributed by atoms with Crippen LogP contribution in [0.3, 0.4) is 0 Å². The molecule has 0 aromatic heterocycles. The third-order valence-electron chi connectivity index (χ3n) is 3.04. The van der Waals surface area contributed by atoms with Crippen LogP contribution in [0.25, 0.3) is 0 Å². The number of aliphatic imine (C=N–C) groups is 1. The second kappa shape index (κ2) is 5.83. The van der Waals surface area contributed by atoms with Crippen LogP contribution in [0.1, 0.15) is 6.92 Å². The zero-order valence-corrected chi connectivity index (χ0v) is 9.71. The second-order valence-electron chi connectivity index (χ2n) is 3.99. The number of hydrogen-bond donors (Lipinski definition) is 1. The van der Waals surface area contributed by atoms with Crippen LogP contribution in [-0.2, 0) is 0 Å². The van der Waals surface area contributed by atoms with E-state index in [1.807, 2.05) is 12.2 Å². The van der Waals surface area contributed by atoms with Crippen LogP contribution >= 0.6 is 0 Å². The van der Waals surface area contributed by atoms with Gasteiger partial charge in [0.25, 0.3) is 0 Å². The minimum absolute atomic E-state index is 0.879. The van der Waals surface area contributed by atoms with E-state index in [0.717, 1.165) is 43.8 Å². The summed E-state index contributed by atoms with van der Waals surface area (Å²) in [6, 6.07) is 0. The van der Waals surface area contributed by atoms with Crippen molar-refractivity contribution < 1.29 is 4.48 Å². The summed E-state index contributed by atoms with van der Waals surface area (Å²) >= 11 is 0. The standard InChI is InChI=1S/C12H22N3/c1-4-6-13-7-10-15(9-5-2)11-8-14-12(15)3/h4-5,13H,1-2,6-11H2,3H3/q+1. The molecule has 0 amide bonds. The second-order valence-corrected chi connectivity index (χ2v) is 3.99. The molecule has 1 aliphatic rings. The van der Waals surface area contributed by atoms with E-state index in [1.54, 1.807) is 0 Å². The Bertz CT molecular complexity index is 258. The molecule has 0 bridgehead atoms. The van der Waals surface area contributed by atoms with Crippen LogP contribution < -0.4 is 5.32 Å². The SMILES string of the molecule is C=CCNCC[N+]1(CC=C)CCN=C1C. The molecule has 15 heavy (non-hydrogen) atoms. The molecule has 1 unspecified atom stereocenters. The molecule has 1 rings (SSSR count). The molecule has 0 saturated carbocycles. The molecule has 0 saturated heterocycles. The van der Waals surface area contributed by atoms with Crippen molar-refractivity contribution in [3.63, 3.8) is 0 Å². The topological polar surface area (TPSA) is 24.4 Å². The Morgan fingerprint density at radius 3 is 2.80 bits per heavy atom. The van der Waals surface area contributed by atoms with Gasteiger partial charge in [-0.15, -0.1) is 6.58 Å². The third kappa shape index (κ3) is 3.01. The van der Waals surface area contributed by atoms with Gasteiger partial charge in [0, 0.05) is 20.0 Å². The fourth-order valence-electron chi connectivity index (χ4n) is 2.05. The van der Waals surface area contributed by atoms with Crippen LogP contribution in [0, 0.1) is 0 Å². The quantitative estimate of drug-likeness (QED) is 0.379. The summed E-state index contributed by atoms with van der Waals surface area (Å²) in [6.07, 6.45) is 3.89. The number of quaternary nitrogens is 1. The summed E-state index contributed by atoms with van der Waals surface area (Å²) in [5, 5.41) is 3.34. The molecule has 1 heterocycles. The Morgan fingerprint density at radius 1 is 1.47 bits per heavy atom. The van der Waals surface area contributed by atoms with E-state index in [0.29, 0.717) is 0 Å². The predicted octanol–water partition coefficient (Wildman–Crippen LogP) is 1.20. The van der Waals surface area contributed by atoms with Crippen LogP contribution in [0.5, 0.6) is 0 Å². The molecule has 1 N–H and O–H groups in total. The molecule has 0 radical (unpaired) electrons. The summed E-state index contributed by atoms with van der Waals surface area (Å²) in [6.45, 7) is 15.7. The smallest absolute Gasteiger partial charge is 0.195 e. The Morgan fingerprint density at radius 2 is 2.27 bits per heavy atom. The maximum Gasteiger partial charge on any atom is 0.195 e. The number of nitrogens with one attached hydrogen (secondary N) is 1. The third-order valence-corrected chi connectivity index (χ3v) is 3.04. The van der Waals surface area contributed by atoms with Crippen molar-refractivity contribution in [2.24, 2.45) is 4.99 Å². The molecule has 0 aromatic carbocycles. The van der Waals surface area contributed by atoms with E-state index >= 15 is 0 Å². The van der Waals surface area contributed by atoms with E-state index in [2.05, 4.69) is 30.4 Å². The highest BCUT2D eigenvalue weighted by atomic mass is 15.4. The minimum Gasteiger partial charge on any atom is -0.308 e. The summed E-state index contributed by atoms with van der Waals surface area (Å²) in [5.74, 6) is 1.25. The van der Waals surface area contributed by atoms with E-state index < -0.39 is 0 Å². The fourth-order valence-corrected chi connectivity index (χ4v) is 2.05. The normalized spacial score (nSPS) is 25.0. The van der Waals surface area contributed by atoms with Crippen LogP contribution in [0.4, 0.5) is 0 Å². The monoisotopic (exact) mass is 208 g/mol. The molecule has 0 fully saturated rings.